The molecule has 1 saturated carbocycles. The van der Waals surface area contributed by atoms with Crippen LogP contribution in [0.25, 0.3) is 0 Å². The van der Waals surface area contributed by atoms with Gasteiger partial charge in [0.15, 0.2) is 0 Å². The quantitative estimate of drug-likeness (QED) is 0.877. The van der Waals surface area contributed by atoms with Crippen LogP contribution in [0.1, 0.15) is 49.7 Å². The highest BCUT2D eigenvalue weighted by atomic mass is 16.5. The summed E-state index contributed by atoms with van der Waals surface area (Å²) in [5.41, 5.74) is 0. The lowest BCUT2D eigenvalue weighted by Crippen LogP contribution is -2.21. The Morgan fingerprint density at radius 2 is 2.00 bits per heavy atom. The molecule has 0 aromatic carbocycles. The fourth-order valence-electron chi connectivity index (χ4n) is 2.71. The van der Waals surface area contributed by atoms with E-state index in [9.17, 15) is 5.11 Å². The van der Waals surface area contributed by atoms with Gasteiger partial charge < -0.3 is 14.3 Å². The van der Waals surface area contributed by atoms with Gasteiger partial charge in [-0.15, -0.1) is 0 Å². The Labute approximate surface area is 102 Å². The molecule has 3 nitrogen and oxygen atoms in total. The van der Waals surface area contributed by atoms with E-state index in [2.05, 4.69) is 6.92 Å². The SMILES string of the molecule is CC1CC1c1ccc(C(O)C2CCOCC2)o1. The number of hydrogen-bond donors (Lipinski definition) is 1. The predicted octanol–water partition coefficient (Wildman–Crippen LogP) is 2.86. The molecule has 1 aliphatic carbocycles. The van der Waals surface area contributed by atoms with Crippen LogP contribution in [-0.4, -0.2) is 18.3 Å². The van der Waals surface area contributed by atoms with Crippen LogP contribution < -0.4 is 0 Å². The molecular weight excluding hydrogens is 216 g/mol. The van der Waals surface area contributed by atoms with Crippen LogP contribution in [0.3, 0.4) is 0 Å². The summed E-state index contributed by atoms with van der Waals surface area (Å²) in [7, 11) is 0. The van der Waals surface area contributed by atoms with Crippen LogP contribution >= 0.6 is 0 Å². The van der Waals surface area contributed by atoms with Crippen LogP contribution in [0.15, 0.2) is 16.5 Å². The molecule has 1 aromatic rings. The van der Waals surface area contributed by atoms with Gasteiger partial charge in [0.1, 0.15) is 17.6 Å². The molecule has 1 aliphatic heterocycles. The third-order valence-electron chi connectivity index (χ3n) is 4.13. The van der Waals surface area contributed by atoms with E-state index in [1.807, 2.05) is 12.1 Å². The topological polar surface area (TPSA) is 42.6 Å². The number of aliphatic hydroxyl groups excluding tert-OH is 1. The molecule has 3 atom stereocenters. The van der Waals surface area contributed by atoms with Crippen molar-refractivity contribution in [2.45, 2.75) is 38.2 Å². The molecule has 0 amide bonds. The summed E-state index contributed by atoms with van der Waals surface area (Å²) in [5.74, 6) is 3.42. The van der Waals surface area contributed by atoms with Gasteiger partial charge in [0.05, 0.1) is 0 Å². The van der Waals surface area contributed by atoms with Crippen LogP contribution in [0, 0.1) is 11.8 Å². The van der Waals surface area contributed by atoms with Gasteiger partial charge >= 0.3 is 0 Å². The summed E-state index contributed by atoms with van der Waals surface area (Å²) in [6.45, 7) is 3.76. The average molecular weight is 236 g/mol. The molecule has 0 radical (unpaired) electrons. The van der Waals surface area contributed by atoms with E-state index in [1.54, 1.807) is 0 Å². The minimum Gasteiger partial charge on any atom is -0.463 e. The second kappa shape index (κ2) is 4.46. The number of rotatable bonds is 3. The van der Waals surface area contributed by atoms with Crippen LogP contribution in [0.2, 0.25) is 0 Å². The lowest BCUT2D eigenvalue weighted by molar-refractivity contribution is -0.00147. The fraction of sp³-hybridized carbons (Fsp3) is 0.714. The Balaban J connectivity index is 1.68. The van der Waals surface area contributed by atoms with Crippen LogP contribution in [0.5, 0.6) is 0 Å². The first-order chi connectivity index (χ1) is 8.25. The molecule has 1 aromatic heterocycles. The lowest BCUT2D eigenvalue weighted by atomic mass is 9.92. The maximum Gasteiger partial charge on any atom is 0.132 e. The first-order valence-electron chi connectivity index (χ1n) is 6.61. The van der Waals surface area contributed by atoms with Gasteiger partial charge in [-0.1, -0.05) is 6.92 Å². The Hall–Kier alpha value is -0.800. The summed E-state index contributed by atoms with van der Waals surface area (Å²) >= 11 is 0. The first-order valence-corrected chi connectivity index (χ1v) is 6.61. The van der Waals surface area contributed by atoms with E-state index in [4.69, 9.17) is 9.15 Å². The Bertz CT molecular complexity index is 379. The van der Waals surface area contributed by atoms with Gasteiger partial charge in [-0.3, -0.25) is 0 Å². The van der Waals surface area contributed by atoms with E-state index in [0.29, 0.717) is 11.8 Å². The van der Waals surface area contributed by atoms with Gasteiger partial charge in [0, 0.05) is 19.1 Å². The zero-order chi connectivity index (χ0) is 11.8. The van der Waals surface area contributed by atoms with Crippen LogP contribution in [-0.2, 0) is 4.74 Å². The van der Waals surface area contributed by atoms with Crippen molar-refractivity contribution in [1.82, 2.24) is 0 Å². The monoisotopic (exact) mass is 236 g/mol. The summed E-state index contributed by atoms with van der Waals surface area (Å²) in [5, 5.41) is 10.3. The van der Waals surface area contributed by atoms with Crippen molar-refractivity contribution in [3.05, 3.63) is 23.7 Å². The van der Waals surface area contributed by atoms with E-state index in [-0.39, 0.29) is 0 Å². The molecule has 0 spiro atoms. The number of hydrogen-bond acceptors (Lipinski definition) is 3. The fourth-order valence-corrected chi connectivity index (χ4v) is 2.71. The minimum absolute atomic E-state index is 0.291. The summed E-state index contributed by atoms with van der Waals surface area (Å²) in [6.07, 6.45) is 2.62. The molecule has 0 bridgehead atoms. The molecule has 1 saturated heterocycles. The second-order valence-corrected chi connectivity index (χ2v) is 5.45. The third-order valence-corrected chi connectivity index (χ3v) is 4.13. The van der Waals surface area contributed by atoms with E-state index >= 15 is 0 Å². The summed E-state index contributed by atoms with van der Waals surface area (Å²) in [4.78, 5) is 0. The summed E-state index contributed by atoms with van der Waals surface area (Å²) < 4.78 is 11.1. The second-order valence-electron chi connectivity index (χ2n) is 5.45. The molecule has 3 heteroatoms. The maximum atomic E-state index is 10.3. The van der Waals surface area contributed by atoms with Gasteiger partial charge in [0.25, 0.3) is 0 Å². The molecule has 1 N–H and O–H groups in total. The van der Waals surface area contributed by atoms with Crippen molar-refractivity contribution in [3.63, 3.8) is 0 Å². The third kappa shape index (κ3) is 2.26. The molecular formula is C14H20O3. The van der Waals surface area contributed by atoms with Gasteiger partial charge in [-0.05, 0) is 43.2 Å². The van der Waals surface area contributed by atoms with Crippen molar-refractivity contribution in [1.29, 1.82) is 0 Å². The maximum absolute atomic E-state index is 10.3. The molecule has 3 rings (SSSR count). The molecule has 3 unspecified atom stereocenters. The summed E-state index contributed by atoms with van der Waals surface area (Å²) in [6, 6.07) is 3.98. The normalized spacial score (nSPS) is 31.4. The zero-order valence-corrected chi connectivity index (χ0v) is 10.3. The first kappa shape index (κ1) is 11.3. The van der Waals surface area contributed by atoms with Crippen LogP contribution in [0.4, 0.5) is 0 Å². The van der Waals surface area contributed by atoms with Crippen molar-refractivity contribution in [3.8, 4) is 0 Å². The standard InChI is InChI=1S/C14H20O3/c1-9-8-11(9)12-2-3-13(17-12)14(15)10-4-6-16-7-5-10/h2-3,9-11,14-15H,4-8H2,1H3. The number of furan rings is 1. The molecule has 2 aliphatic rings. The van der Waals surface area contributed by atoms with Crippen molar-refractivity contribution >= 4 is 0 Å². The number of aliphatic hydroxyl groups is 1. The van der Waals surface area contributed by atoms with Gasteiger partial charge in [-0.25, -0.2) is 0 Å². The lowest BCUT2D eigenvalue weighted by Gasteiger charge is -2.25. The Morgan fingerprint density at radius 1 is 1.29 bits per heavy atom. The molecule has 2 heterocycles. The van der Waals surface area contributed by atoms with E-state index in [0.717, 1.165) is 43.5 Å². The van der Waals surface area contributed by atoms with Crippen molar-refractivity contribution in [2.24, 2.45) is 11.8 Å². The number of ether oxygens (including phenoxy) is 1. The molecule has 17 heavy (non-hydrogen) atoms. The van der Waals surface area contributed by atoms with E-state index in [1.165, 1.54) is 6.42 Å². The molecule has 94 valence electrons. The predicted molar refractivity (Wildman–Crippen MR) is 63.7 cm³/mol. The zero-order valence-electron chi connectivity index (χ0n) is 10.3. The largest absolute Gasteiger partial charge is 0.463 e. The molecule has 2 fully saturated rings. The van der Waals surface area contributed by atoms with Crippen molar-refractivity contribution < 1.29 is 14.3 Å². The van der Waals surface area contributed by atoms with Gasteiger partial charge in [-0.2, -0.15) is 0 Å². The highest BCUT2D eigenvalue weighted by Crippen LogP contribution is 2.48. The van der Waals surface area contributed by atoms with E-state index < -0.39 is 6.10 Å². The highest BCUT2D eigenvalue weighted by molar-refractivity contribution is 5.19. The Kier molecular flexibility index (Phi) is 2.97. The Morgan fingerprint density at radius 3 is 2.65 bits per heavy atom. The average Bonchev–Trinajstić information content (AvgIpc) is 2.92. The minimum atomic E-state index is -0.457. The smallest absolute Gasteiger partial charge is 0.132 e. The highest BCUT2D eigenvalue weighted by Gasteiger charge is 2.37. The van der Waals surface area contributed by atoms with Gasteiger partial charge in [0.2, 0.25) is 0 Å². The van der Waals surface area contributed by atoms with Crippen molar-refractivity contribution in [2.75, 3.05) is 13.2 Å².